The minimum Gasteiger partial charge on any atom is -0.489 e. The molecule has 0 saturated heterocycles. The fraction of sp³-hybridized carbons (Fsp3) is 0.353. The average molecular weight is 314 g/mol. The Morgan fingerprint density at radius 2 is 1.78 bits per heavy atom. The van der Waals surface area contributed by atoms with Gasteiger partial charge in [-0.2, -0.15) is 0 Å². The maximum Gasteiger partial charge on any atom is 0.276 e. The topological polar surface area (TPSA) is 76.1 Å². The number of amides is 1. The molecule has 0 unspecified atom stereocenters. The Hall–Kier alpha value is -2.63. The summed E-state index contributed by atoms with van der Waals surface area (Å²) in [6.07, 6.45) is 0.0224. The first-order chi connectivity index (χ1) is 11.0. The van der Waals surface area contributed by atoms with Crippen molar-refractivity contribution in [3.63, 3.8) is 0 Å². The van der Waals surface area contributed by atoms with Crippen LogP contribution in [0.1, 0.15) is 38.2 Å². The molecule has 0 fully saturated rings. The molecular weight excluding hydrogens is 292 g/mol. The Labute approximate surface area is 136 Å². The van der Waals surface area contributed by atoms with Crippen LogP contribution >= 0.6 is 0 Å². The summed E-state index contributed by atoms with van der Waals surface area (Å²) in [5.74, 6) is 0.940. The summed E-state index contributed by atoms with van der Waals surface area (Å²) in [4.78, 5) is 12.3. The second-order valence-corrected chi connectivity index (χ2v) is 5.72. The molecule has 2 N–H and O–H groups in total. The number of carbonyl (C=O) groups excluding carboxylic acids is 1. The molecule has 1 heterocycles. The zero-order valence-electron chi connectivity index (χ0n) is 13.8. The summed E-state index contributed by atoms with van der Waals surface area (Å²) in [6.45, 7) is 7.89. The molecule has 1 aromatic heterocycles. The zero-order valence-corrected chi connectivity index (χ0v) is 13.8. The molecule has 0 atom stereocenters. The van der Waals surface area contributed by atoms with E-state index in [2.05, 4.69) is 20.8 Å². The lowest BCUT2D eigenvalue weighted by Gasteiger charge is -2.14. The SMILES string of the molecule is CC(C)Nc1ccc(C(=O)Nc2ccccc2OC(C)C)nn1. The summed E-state index contributed by atoms with van der Waals surface area (Å²) < 4.78 is 5.68. The van der Waals surface area contributed by atoms with Crippen LogP contribution in [0.4, 0.5) is 11.5 Å². The van der Waals surface area contributed by atoms with Crippen LogP contribution < -0.4 is 15.4 Å². The summed E-state index contributed by atoms with van der Waals surface area (Å²) in [5, 5.41) is 13.9. The number of hydrogen-bond donors (Lipinski definition) is 2. The molecule has 0 radical (unpaired) electrons. The maximum absolute atomic E-state index is 12.3. The van der Waals surface area contributed by atoms with Gasteiger partial charge in [0.15, 0.2) is 5.69 Å². The molecule has 1 amide bonds. The standard InChI is InChI=1S/C17H22N4O2/c1-11(2)18-16-10-9-14(20-21-16)17(22)19-13-7-5-6-8-15(13)23-12(3)4/h5-12H,1-4H3,(H,18,21)(H,19,22). The number of ether oxygens (including phenoxy) is 1. The second kappa shape index (κ2) is 7.58. The smallest absolute Gasteiger partial charge is 0.276 e. The van der Waals surface area contributed by atoms with Crippen molar-refractivity contribution in [3.05, 3.63) is 42.1 Å². The van der Waals surface area contributed by atoms with Crippen molar-refractivity contribution < 1.29 is 9.53 Å². The van der Waals surface area contributed by atoms with Crippen LogP contribution in [-0.4, -0.2) is 28.3 Å². The van der Waals surface area contributed by atoms with Gasteiger partial charge in [-0.05, 0) is 52.0 Å². The third kappa shape index (κ3) is 4.95. The Morgan fingerprint density at radius 3 is 2.39 bits per heavy atom. The summed E-state index contributed by atoms with van der Waals surface area (Å²) >= 11 is 0. The Kier molecular flexibility index (Phi) is 5.51. The van der Waals surface area contributed by atoms with Gasteiger partial charge in [0.25, 0.3) is 5.91 Å². The van der Waals surface area contributed by atoms with E-state index in [0.717, 1.165) is 0 Å². The van der Waals surface area contributed by atoms with Gasteiger partial charge in [0.1, 0.15) is 11.6 Å². The number of nitrogens with zero attached hydrogens (tertiary/aromatic N) is 2. The van der Waals surface area contributed by atoms with E-state index in [9.17, 15) is 4.79 Å². The Balaban J connectivity index is 2.10. The molecule has 122 valence electrons. The molecule has 2 rings (SSSR count). The Morgan fingerprint density at radius 1 is 1.04 bits per heavy atom. The van der Waals surface area contributed by atoms with Gasteiger partial charge in [0, 0.05) is 6.04 Å². The van der Waals surface area contributed by atoms with E-state index in [1.165, 1.54) is 0 Å². The largest absolute Gasteiger partial charge is 0.489 e. The quantitative estimate of drug-likeness (QED) is 0.855. The first-order valence-corrected chi connectivity index (χ1v) is 7.63. The van der Waals surface area contributed by atoms with Crippen molar-refractivity contribution in [3.8, 4) is 5.75 Å². The molecule has 0 spiro atoms. The molecule has 0 bridgehead atoms. The van der Waals surface area contributed by atoms with Crippen molar-refractivity contribution in [2.24, 2.45) is 0 Å². The van der Waals surface area contributed by atoms with Gasteiger partial charge in [-0.1, -0.05) is 12.1 Å². The maximum atomic E-state index is 12.3. The molecule has 0 aliphatic rings. The molecule has 6 nitrogen and oxygen atoms in total. The molecule has 1 aromatic carbocycles. The number of para-hydroxylation sites is 2. The molecule has 2 aromatic rings. The number of rotatable bonds is 6. The lowest BCUT2D eigenvalue weighted by molar-refractivity contribution is 0.102. The van der Waals surface area contributed by atoms with Crippen LogP contribution in [0.15, 0.2) is 36.4 Å². The van der Waals surface area contributed by atoms with Crippen LogP contribution in [0.3, 0.4) is 0 Å². The van der Waals surface area contributed by atoms with Gasteiger partial charge in [-0.15, -0.1) is 10.2 Å². The lowest BCUT2D eigenvalue weighted by atomic mass is 10.2. The van der Waals surface area contributed by atoms with Gasteiger partial charge in [0.05, 0.1) is 11.8 Å². The predicted octanol–water partition coefficient (Wildman–Crippen LogP) is 3.34. The van der Waals surface area contributed by atoms with Crippen molar-refractivity contribution in [1.82, 2.24) is 10.2 Å². The highest BCUT2D eigenvalue weighted by Crippen LogP contribution is 2.25. The second-order valence-electron chi connectivity index (χ2n) is 5.72. The minimum absolute atomic E-state index is 0.0224. The number of benzene rings is 1. The molecule has 0 aliphatic carbocycles. The van der Waals surface area contributed by atoms with Gasteiger partial charge >= 0.3 is 0 Å². The average Bonchev–Trinajstić information content (AvgIpc) is 2.49. The van der Waals surface area contributed by atoms with E-state index >= 15 is 0 Å². The van der Waals surface area contributed by atoms with Crippen LogP contribution in [0.2, 0.25) is 0 Å². The third-order valence-corrected chi connectivity index (χ3v) is 2.83. The highest BCUT2D eigenvalue weighted by Gasteiger charge is 2.12. The fourth-order valence-corrected chi connectivity index (χ4v) is 1.94. The van der Waals surface area contributed by atoms with Gasteiger partial charge in [-0.25, -0.2) is 0 Å². The minimum atomic E-state index is -0.326. The normalized spacial score (nSPS) is 10.7. The number of aromatic nitrogens is 2. The highest BCUT2D eigenvalue weighted by molar-refractivity contribution is 6.03. The highest BCUT2D eigenvalue weighted by atomic mass is 16.5. The van der Waals surface area contributed by atoms with Crippen molar-refractivity contribution in [1.29, 1.82) is 0 Å². The van der Waals surface area contributed by atoms with Crippen LogP contribution in [0.25, 0.3) is 0 Å². The molecular formula is C17H22N4O2. The predicted molar refractivity (Wildman–Crippen MR) is 90.9 cm³/mol. The van der Waals surface area contributed by atoms with E-state index in [0.29, 0.717) is 17.3 Å². The van der Waals surface area contributed by atoms with Gasteiger partial charge in [0.2, 0.25) is 0 Å². The van der Waals surface area contributed by atoms with Crippen LogP contribution in [0, 0.1) is 0 Å². The molecule has 6 heteroatoms. The number of anilines is 2. The number of nitrogens with one attached hydrogen (secondary N) is 2. The first kappa shape index (κ1) is 16.7. The van der Waals surface area contributed by atoms with E-state index in [1.807, 2.05) is 45.9 Å². The monoisotopic (exact) mass is 314 g/mol. The number of hydrogen-bond acceptors (Lipinski definition) is 5. The van der Waals surface area contributed by atoms with E-state index in [4.69, 9.17) is 4.74 Å². The van der Waals surface area contributed by atoms with Crippen molar-refractivity contribution in [2.75, 3.05) is 10.6 Å². The number of carbonyl (C=O) groups is 1. The van der Waals surface area contributed by atoms with E-state index in [1.54, 1.807) is 18.2 Å². The van der Waals surface area contributed by atoms with E-state index in [-0.39, 0.29) is 23.7 Å². The van der Waals surface area contributed by atoms with Crippen molar-refractivity contribution in [2.45, 2.75) is 39.8 Å². The Bertz CT molecular complexity index is 654. The van der Waals surface area contributed by atoms with Gasteiger partial charge in [-0.3, -0.25) is 4.79 Å². The van der Waals surface area contributed by atoms with Gasteiger partial charge < -0.3 is 15.4 Å². The summed E-state index contributed by atoms with van der Waals surface area (Å²) in [6, 6.07) is 10.9. The lowest BCUT2D eigenvalue weighted by Crippen LogP contribution is -2.17. The molecule has 0 saturated carbocycles. The third-order valence-electron chi connectivity index (χ3n) is 2.83. The van der Waals surface area contributed by atoms with Crippen molar-refractivity contribution >= 4 is 17.4 Å². The summed E-state index contributed by atoms with van der Waals surface area (Å²) in [7, 11) is 0. The summed E-state index contributed by atoms with van der Waals surface area (Å²) in [5.41, 5.74) is 0.857. The van der Waals surface area contributed by atoms with E-state index < -0.39 is 0 Å². The van der Waals surface area contributed by atoms with Crippen LogP contribution in [0.5, 0.6) is 5.75 Å². The van der Waals surface area contributed by atoms with Crippen LogP contribution in [-0.2, 0) is 0 Å². The first-order valence-electron chi connectivity index (χ1n) is 7.63. The molecule has 23 heavy (non-hydrogen) atoms. The molecule has 0 aliphatic heterocycles. The zero-order chi connectivity index (χ0) is 16.8. The fourth-order valence-electron chi connectivity index (χ4n) is 1.94.